The van der Waals surface area contributed by atoms with Gasteiger partial charge in [0.25, 0.3) is 0 Å². The molecule has 2 aromatic carbocycles. The highest BCUT2D eigenvalue weighted by molar-refractivity contribution is 7.89. The number of benzene rings is 2. The van der Waals surface area contributed by atoms with Crippen molar-refractivity contribution in [3.8, 4) is 11.5 Å². The lowest BCUT2D eigenvalue weighted by Crippen LogP contribution is -2.28. The molecule has 0 saturated carbocycles. The molecule has 0 saturated heterocycles. The first-order valence-electron chi connectivity index (χ1n) is 9.98. The molecule has 0 atom stereocenters. The first kappa shape index (κ1) is 22.1. The van der Waals surface area contributed by atoms with E-state index in [2.05, 4.69) is 10.0 Å². The number of carbonyl (C=O) groups excluding carboxylic acids is 1. The predicted octanol–water partition coefficient (Wildman–Crippen LogP) is 3.20. The molecular formula is C22H28N2O5S. The fourth-order valence-electron chi connectivity index (χ4n) is 3.59. The van der Waals surface area contributed by atoms with Crippen LogP contribution in [0.2, 0.25) is 0 Å². The van der Waals surface area contributed by atoms with Gasteiger partial charge in [0.1, 0.15) is 0 Å². The van der Waals surface area contributed by atoms with Gasteiger partial charge in [-0.25, -0.2) is 13.1 Å². The van der Waals surface area contributed by atoms with Crippen LogP contribution in [-0.2, 0) is 27.7 Å². The Morgan fingerprint density at radius 3 is 2.37 bits per heavy atom. The van der Waals surface area contributed by atoms with Crippen LogP contribution < -0.4 is 19.5 Å². The van der Waals surface area contributed by atoms with E-state index >= 15 is 0 Å². The van der Waals surface area contributed by atoms with Crippen LogP contribution in [0.4, 0.5) is 5.69 Å². The van der Waals surface area contributed by atoms with Crippen molar-refractivity contribution in [1.29, 1.82) is 0 Å². The maximum Gasteiger partial charge on any atom is 0.240 e. The molecule has 30 heavy (non-hydrogen) atoms. The van der Waals surface area contributed by atoms with Gasteiger partial charge in [-0.05, 0) is 67.5 Å². The van der Waals surface area contributed by atoms with Crippen molar-refractivity contribution in [3.63, 3.8) is 0 Å². The highest BCUT2D eigenvalue weighted by Crippen LogP contribution is 2.33. The number of ether oxygens (including phenoxy) is 2. The minimum Gasteiger partial charge on any atom is -0.493 e. The van der Waals surface area contributed by atoms with Crippen molar-refractivity contribution < 1.29 is 22.7 Å². The van der Waals surface area contributed by atoms with Crippen LogP contribution in [-0.4, -0.2) is 35.1 Å². The quantitative estimate of drug-likeness (QED) is 0.668. The van der Waals surface area contributed by atoms with Crippen LogP contribution in [0.15, 0.2) is 35.2 Å². The fraction of sp³-hybridized carbons (Fsp3) is 0.409. The molecule has 7 nitrogen and oxygen atoms in total. The molecule has 0 spiro atoms. The fourth-order valence-corrected chi connectivity index (χ4v) is 4.67. The van der Waals surface area contributed by atoms with Gasteiger partial charge in [0.15, 0.2) is 11.5 Å². The summed E-state index contributed by atoms with van der Waals surface area (Å²) in [4.78, 5) is 12.6. The number of fused-ring (bicyclic) bond motifs is 1. The molecule has 1 aliphatic carbocycles. The third-order valence-electron chi connectivity index (χ3n) is 5.28. The number of hydrogen-bond acceptors (Lipinski definition) is 5. The van der Waals surface area contributed by atoms with E-state index in [1.165, 1.54) is 12.7 Å². The summed E-state index contributed by atoms with van der Waals surface area (Å²) < 4.78 is 38.2. The maximum absolute atomic E-state index is 12.6. The third-order valence-corrected chi connectivity index (χ3v) is 6.74. The largest absolute Gasteiger partial charge is 0.493 e. The molecule has 0 aromatic heterocycles. The number of anilines is 1. The number of hydrogen-bond donors (Lipinski definition) is 2. The number of sulfonamides is 1. The Balaban J connectivity index is 1.59. The van der Waals surface area contributed by atoms with Gasteiger partial charge >= 0.3 is 0 Å². The average Bonchev–Trinajstić information content (AvgIpc) is 2.74. The van der Waals surface area contributed by atoms with E-state index in [1.54, 1.807) is 31.4 Å². The molecule has 2 aromatic rings. The zero-order chi connectivity index (χ0) is 21.7. The third kappa shape index (κ3) is 5.12. The number of rotatable bonds is 8. The van der Waals surface area contributed by atoms with E-state index in [1.807, 2.05) is 13.0 Å². The number of methoxy groups -OCH3 is 2. The number of nitrogens with one attached hydrogen (secondary N) is 2. The second kappa shape index (κ2) is 9.49. The molecule has 0 unspecified atom stereocenters. The second-order valence-electron chi connectivity index (χ2n) is 7.36. The Bertz CT molecular complexity index is 1030. The van der Waals surface area contributed by atoms with Crippen molar-refractivity contribution in [2.75, 3.05) is 26.1 Å². The summed E-state index contributed by atoms with van der Waals surface area (Å²) in [5, 5.41) is 2.79. The minimum absolute atomic E-state index is 0.0115. The van der Waals surface area contributed by atoms with Crippen LogP contribution in [0.1, 0.15) is 36.0 Å². The lowest BCUT2D eigenvalue weighted by molar-refractivity contribution is -0.116. The molecule has 3 rings (SSSR count). The summed E-state index contributed by atoms with van der Waals surface area (Å²) in [6.07, 6.45) is 4.15. The summed E-state index contributed by atoms with van der Waals surface area (Å²) in [6, 6.07) is 8.75. The van der Waals surface area contributed by atoms with Gasteiger partial charge in [0.2, 0.25) is 15.9 Å². The smallest absolute Gasteiger partial charge is 0.240 e. The SMILES string of the molecule is COc1cc(C)c(NC(=O)CCNS(=O)(=O)c2ccc3c(c2)CCCC3)cc1OC. The van der Waals surface area contributed by atoms with Crippen molar-refractivity contribution in [2.45, 2.75) is 43.9 Å². The van der Waals surface area contributed by atoms with E-state index < -0.39 is 10.0 Å². The van der Waals surface area contributed by atoms with Crippen LogP contribution in [0.3, 0.4) is 0 Å². The first-order valence-corrected chi connectivity index (χ1v) is 11.5. The molecule has 1 aliphatic rings. The molecular weight excluding hydrogens is 404 g/mol. The monoisotopic (exact) mass is 432 g/mol. The molecule has 1 amide bonds. The number of amides is 1. The second-order valence-corrected chi connectivity index (χ2v) is 9.12. The predicted molar refractivity (Wildman–Crippen MR) is 116 cm³/mol. The Hall–Kier alpha value is -2.58. The number of aryl methyl sites for hydroxylation is 3. The zero-order valence-electron chi connectivity index (χ0n) is 17.6. The number of carbonyl (C=O) groups is 1. The zero-order valence-corrected chi connectivity index (χ0v) is 18.4. The van der Waals surface area contributed by atoms with E-state index in [0.717, 1.165) is 36.8 Å². The highest BCUT2D eigenvalue weighted by Gasteiger charge is 2.18. The Labute approximate surface area is 177 Å². The maximum atomic E-state index is 12.6. The Kier molecular flexibility index (Phi) is 6.99. The topological polar surface area (TPSA) is 93.7 Å². The van der Waals surface area contributed by atoms with E-state index in [4.69, 9.17) is 9.47 Å². The van der Waals surface area contributed by atoms with Crippen molar-refractivity contribution in [2.24, 2.45) is 0 Å². The molecule has 0 aliphatic heterocycles. The summed E-state index contributed by atoms with van der Waals surface area (Å²) in [7, 11) is -0.589. The minimum atomic E-state index is -3.66. The summed E-state index contributed by atoms with van der Waals surface area (Å²) in [6.45, 7) is 1.86. The standard InChI is InChI=1S/C22H28N2O5S/c1-15-12-20(28-2)21(29-3)14-19(15)24-22(25)10-11-23-30(26,27)18-9-8-16-6-4-5-7-17(16)13-18/h8-9,12-14,23H,4-7,10-11H2,1-3H3,(H,24,25). The van der Waals surface area contributed by atoms with Crippen LogP contribution in [0, 0.1) is 6.92 Å². The van der Waals surface area contributed by atoms with Crippen LogP contribution >= 0.6 is 0 Å². The lowest BCUT2D eigenvalue weighted by Gasteiger charge is -2.17. The summed E-state index contributed by atoms with van der Waals surface area (Å²) in [5.74, 6) is 0.788. The van der Waals surface area contributed by atoms with Crippen LogP contribution in [0.5, 0.6) is 11.5 Å². The van der Waals surface area contributed by atoms with Crippen molar-refractivity contribution in [3.05, 3.63) is 47.0 Å². The van der Waals surface area contributed by atoms with Crippen molar-refractivity contribution >= 4 is 21.6 Å². The van der Waals surface area contributed by atoms with E-state index in [0.29, 0.717) is 17.2 Å². The first-order chi connectivity index (χ1) is 14.3. The molecule has 0 fully saturated rings. The Morgan fingerprint density at radius 2 is 1.67 bits per heavy atom. The van der Waals surface area contributed by atoms with E-state index in [-0.39, 0.29) is 23.8 Å². The summed E-state index contributed by atoms with van der Waals surface area (Å²) >= 11 is 0. The van der Waals surface area contributed by atoms with Gasteiger partial charge in [-0.3, -0.25) is 4.79 Å². The molecule has 162 valence electrons. The molecule has 8 heteroatoms. The lowest BCUT2D eigenvalue weighted by atomic mass is 9.92. The van der Waals surface area contributed by atoms with Gasteiger partial charge in [-0.2, -0.15) is 0 Å². The summed E-state index contributed by atoms with van der Waals surface area (Å²) in [5.41, 5.74) is 3.74. The van der Waals surface area contributed by atoms with Gasteiger partial charge in [-0.1, -0.05) is 6.07 Å². The van der Waals surface area contributed by atoms with Gasteiger partial charge in [0, 0.05) is 24.7 Å². The van der Waals surface area contributed by atoms with Crippen LogP contribution in [0.25, 0.3) is 0 Å². The Morgan fingerprint density at radius 1 is 1.00 bits per heavy atom. The highest BCUT2D eigenvalue weighted by atomic mass is 32.2. The van der Waals surface area contributed by atoms with Gasteiger partial charge < -0.3 is 14.8 Å². The normalized spacial score (nSPS) is 13.4. The average molecular weight is 433 g/mol. The molecule has 2 N–H and O–H groups in total. The molecule has 0 bridgehead atoms. The van der Waals surface area contributed by atoms with Gasteiger partial charge in [0.05, 0.1) is 19.1 Å². The van der Waals surface area contributed by atoms with Gasteiger partial charge in [-0.15, -0.1) is 0 Å². The molecule has 0 radical (unpaired) electrons. The van der Waals surface area contributed by atoms with Crippen molar-refractivity contribution in [1.82, 2.24) is 4.72 Å². The molecule has 0 heterocycles. The van der Waals surface area contributed by atoms with E-state index in [9.17, 15) is 13.2 Å².